The van der Waals surface area contributed by atoms with Crippen LogP contribution in [0.5, 0.6) is 5.75 Å². The third-order valence-electron chi connectivity index (χ3n) is 4.70. The molecule has 0 unspecified atom stereocenters. The lowest BCUT2D eigenvalue weighted by Crippen LogP contribution is -1.87. The molecule has 0 atom stereocenters. The summed E-state index contributed by atoms with van der Waals surface area (Å²) >= 11 is 0. The minimum absolute atomic E-state index is 0.363. The van der Waals surface area contributed by atoms with E-state index in [2.05, 4.69) is 42.5 Å². The Morgan fingerprint density at radius 1 is 0.565 bits per heavy atom. The van der Waals surface area contributed by atoms with Gasteiger partial charge in [-0.1, -0.05) is 66.7 Å². The normalized spacial score (nSPS) is 11.7. The molecule has 0 saturated carbocycles. The number of phenolic OH excluding ortho intramolecular Hbond substituents is 1. The molecule has 0 radical (unpaired) electrons. The van der Waals surface area contributed by atoms with Crippen molar-refractivity contribution in [2.75, 3.05) is 0 Å². The molecule has 0 spiro atoms. The van der Waals surface area contributed by atoms with Crippen LogP contribution in [0.4, 0.5) is 0 Å². The lowest BCUT2D eigenvalue weighted by Gasteiger charge is -2.14. The Hall–Kier alpha value is -3.06. The van der Waals surface area contributed by atoms with Crippen molar-refractivity contribution in [1.29, 1.82) is 0 Å². The summed E-state index contributed by atoms with van der Waals surface area (Å²) in [6.45, 7) is 0. The fourth-order valence-electron chi connectivity index (χ4n) is 3.63. The molecule has 0 aliphatic rings. The van der Waals surface area contributed by atoms with Crippen LogP contribution in [0.2, 0.25) is 0 Å². The highest BCUT2D eigenvalue weighted by atomic mass is 16.3. The van der Waals surface area contributed by atoms with E-state index in [4.69, 9.17) is 0 Å². The van der Waals surface area contributed by atoms with Crippen molar-refractivity contribution < 1.29 is 5.11 Å². The van der Waals surface area contributed by atoms with Crippen molar-refractivity contribution in [3.8, 4) is 16.9 Å². The molecular weight excluding hydrogens is 280 g/mol. The van der Waals surface area contributed by atoms with E-state index in [0.29, 0.717) is 5.75 Å². The van der Waals surface area contributed by atoms with Gasteiger partial charge in [-0.15, -0.1) is 0 Å². The number of benzene rings is 5. The van der Waals surface area contributed by atoms with Crippen LogP contribution in [-0.4, -0.2) is 5.11 Å². The van der Waals surface area contributed by atoms with Crippen LogP contribution in [0, 0.1) is 0 Å². The zero-order valence-electron chi connectivity index (χ0n) is 12.5. The summed E-state index contributed by atoms with van der Waals surface area (Å²) < 4.78 is 0. The molecular formula is C22H14O. The average Bonchev–Trinajstić information content (AvgIpc) is 2.62. The molecule has 5 rings (SSSR count). The molecule has 0 fully saturated rings. The van der Waals surface area contributed by atoms with Gasteiger partial charge < -0.3 is 5.11 Å². The lowest BCUT2D eigenvalue weighted by atomic mass is 9.90. The summed E-state index contributed by atoms with van der Waals surface area (Å²) in [5.41, 5.74) is 1.92. The Kier molecular flexibility index (Phi) is 2.42. The van der Waals surface area contributed by atoms with Gasteiger partial charge >= 0.3 is 0 Å². The Morgan fingerprint density at radius 2 is 1.26 bits per heavy atom. The molecule has 23 heavy (non-hydrogen) atoms. The number of hydrogen-bond donors (Lipinski definition) is 1. The first kappa shape index (κ1) is 12.5. The second-order valence-corrected chi connectivity index (χ2v) is 5.99. The van der Waals surface area contributed by atoms with E-state index in [1.807, 2.05) is 36.4 Å². The van der Waals surface area contributed by atoms with Crippen LogP contribution >= 0.6 is 0 Å². The van der Waals surface area contributed by atoms with Gasteiger partial charge in [-0.25, -0.2) is 0 Å². The van der Waals surface area contributed by atoms with Gasteiger partial charge in [-0.05, 0) is 39.2 Å². The second kappa shape index (κ2) is 4.47. The van der Waals surface area contributed by atoms with Gasteiger partial charge in [0, 0.05) is 16.3 Å². The van der Waals surface area contributed by atoms with Gasteiger partial charge in [-0.3, -0.25) is 0 Å². The number of phenols is 1. The fraction of sp³-hybridized carbons (Fsp3) is 0. The maximum Gasteiger partial charge on any atom is 0.131 e. The van der Waals surface area contributed by atoms with Crippen molar-refractivity contribution in [1.82, 2.24) is 0 Å². The third kappa shape index (κ3) is 1.68. The zero-order valence-corrected chi connectivity index (χ0v) is 12.5. The quantitative estimate of drug-likeness (QED) is 0.378. The summed E-state index contributed by atoms with van der Waals surface area (Å²) in [6.07, 6.45) is 0. The van der Waals surface area contributed by atoms with Crippen molar-refractivity contribution in [2.45, 2.75) is 0 Å². The molecule has 0 aliphatic carbocycles. The molecule has 0 heterocycles. The molecule has 5 aromatic rings. The van der Waals surface area contributed by atoms with E-state index < -0.39 is 0 Å². The topological polar surface area (TPSA) is 20.2 Å². The van der Waals surface area contributed by atoms with Gasteiger partial charge in [0.25, 0.3) is 0 Å². The van der Waals surface area contributed by atoms with Crippen molar-refractivity contribution in [2.24, 2.45) is 0 Å². The monoisotopic (exact) mass is 294 g/mol. The van der Waals surface area contributed by atoms with Gasteiger partial charge in [0.15, 0.2) is 0 Å². The summed E-state index contributed by atoms with van der Waals surface area (Å²) in [6, 6.07) is 26.9. The first-order valence-electron chi connectivity index (χ1n) is 7.78. The number of hydrogen-bond acceptors (Lipinski definition) is 1. The standard InChI is InChI=1S/C22H14O/c23-22-18-12-11-16-8-4-7-15-9-10-17(21(18)20(15)16)13-19(22)14-5-2-1-3-6-14/h1-13,23H. The van der Waals surface area contributed by atoms with E-state index >= 15 is 0 Å². The van der Waals surface area contributed by atoms with Crippen LogP contribution in [-0.2, 0) is 0 Å². The predicted octanol–water partition coefficient (Wildman–Crippen LogP) is 5.96. The first-order chi connectivity index (χ1) is 11.3. The van der Waals surface area contributed by atoms with E-state index in [9.17, 15) is 5.11 Å². The Bertz CT molecular complexity index is 1140. The van der Waals surface area contributed by atoms with Crippen molar-refractivity contribution in [3.05, 3.63) is 78.9 Å². The third-order valence-corrected chi connectivity index (χ3v) is 4.70. The molecule has 0 bridgehead atoms. The Balaban J connectivity index is 2.00. The summed E-state index contributed by atoms with van der Waals surface area (Å²) in [5, 5.41) is 17.8. The van der Waals surface area contributed by atoms with Crippen molar-refractivity contribution >= 4 is 32.3 Å². The predicted molar refractivity (Wildman–Crippen MR) is 97.2 cm³/mol. The van der Waals surface area contributed by atoms with Gasteiger partial charge in [0.1, 0.15) is 5.75 Å². The van der Waals surface area contributed by atoms with Crippen LogP contribution in [0.15, 0.2) is 78.9 Å². The highest BCUT2D eigenvalue weighted by Crippen LogP contribution is 2.43. The van der Waals surface area contributed by atoms with E-state index in [-0.39, 0.29) is 0 Å². The average molecular weight is 294 g/mol. The second-order valence-electron chi connectivity index (χ2n) is 5.99. The minimum atomic E-state index is 0.363. The van der Waals surface area contributed by atoms with Crippen LogP contribution in [0.3, 0.4) is 0 Å². The number of aromatic hydroxyl groups is 1. The molecule has 1 N–H and O–H groups in total. The van der Waals surface area contributed by atoms with E-state index in [1.165, 1.54) is 21.5 Å². The van der Waals surface area contributed by atoms with Crippen molar-refractivity contribution in [3.63, 3.8) is 0 Å². The van der Waals surface area contributed by atoms with Crippen LogP contribution in [0.25, 0.3) is 43.4 Å². The summed E-state index contributed by atoms with van der Waals surface area (Å²) in [5.74, 6) is 0.363. The van der Waals surface area contributed by atoms with Crippen LogP contribution < -0.4 is 0 Å². The molecule has 0 aliphatic heterocycles. The van der Waals surface area contributed by atoms with E-state index in [0.717, 1.165) is 21.9 Å². The smallest absolute Gasteiger partial charge is 0.131 e. The van der Waals surface area contributed by atoms with Gasteiger partial charge in [-0.2, -0.15) is 0 Å². The summed E-state index contributed by atoms with van der Waals surface area (Å²) in [7, 11) is 0. The Morgan fingerprint density at radius 3 is 2.04 bits per heavy atom. The maximum absolute atomic E-state index is 10.9. The lowest BCUT2D eigenvalue weighted by molar-refractivity contribution is 0.484. The Labute approximate surface area is 133 Å². The molecule has 5 aromatic carbocycles. The molecule has 1 heteroatoms. The number of rotatable bonds is 1. The first-order valence-corrected chi connectivity index (χ1v) is 7.78. The van der Waals surface area contributed by atoms with Gasteiger partial charge in [0.2, 0.25) is 0 Å². The molecule has 0 saturated heterocycles. The molecule has 0 amide bonds. The summed E-state index contributed by atoms with van der Waals surface area (Å²) in [4.78, 5) is 0. The molecule has 108 valence electrons. The van der Waals surface area contributed by atoms with Crippen LogP contribution in [0.1, 0.15) is 0 Å². The highest BCUT2D eigenvalue weighted by molar-refractivity contribution is 6.25. The SMILES string of the molecule is Oc1c(-c2ccccc2)cc2ccc3cccc4ccc1c2c34. The minimum Gasteiger partial charge on any atom is -0.507 e. The maximum atomic E-state index is 10.9. The zero-order chi connectivity index (χ0) is 15.4. The molecule has 1 nitrogen and oxygen atoms in total. The highest BCUT2D eigenvalue weighted by Gasteiger charge is 2.14. The largest absolute Gasteiger partial charge is 0.507 e. The van der Waals surface area contributed by atoms with Gasteiger partial charge in [0.05, 0.1) is 0 Å². The molecule has 0 aromatic heterocycles. The fourth-order valence-corrected chi connectivity index (χ4v) is 3.63. The van der Waals surface area contributed by atoms with E-state index in [1.54, 1.807) is 0 Å².